The average molecular weight is 296 g/mol. The number of aryl methyl sites for hydroxylation is 1. The minimum absolute atomic E-state index is 0.0457. The molecule has 0 spiro atoms. The third-order valence-electron chi connectivity index (χ3n) is 3.89. The van der Waals surface area contributed by atoms with Crippen molar-refractivity contribution in [1.82, 2.24) is 10.3 Å². The zero-order valence-electron chi connectivity index (χ0n) is 12.2. The Morgan fingerprint density at radius 1 is 1.40 bits per heavy atom. The van der Waals surface area contributed by atoms with Gasteiger partial charge in [0.05, 0.1) is 22.7 Å². The van der Waals surface area contributed by atoms with Crippen LogP contribution in [0.25, 0.3) is 0 Å². The number of nitrogens with one attached hydrogen (secondary N) is 1. The van der Waals surface area contributed by atoms with Crippen LogP contribution in [0, 0.1) is 0 Å². The van der Waals surface area contributed by atoms with E-state index in [1.807, 2.05) is 5.38 Å². The van der Waals surface area contributed by atoms with Crippen LogP contribution in [0.1, 0.15) is 56.2 Å². The summed E-state index contributed by atoms with van der Waals surface area (Å²) < 4.78 is 0. The van der Waals surface area contributed by atoms with Gasteiger partial charge in [-0.1, -0.05) is 32.6 Å². The molecule has 20 heavy (non-hydrogen) atoms. The Balaban J connectivity index is 1.79. The Bertz CT molecular complexity index is 437. The van der Waals surface area contributed by atoms with Gasteiger partial charge in [0.2, 0.25) is 5.91 Å². The monoisotopic (exact) mass is 296 g/mol. The Morgan fingerprint density at radius 3 is 2.70 bits per heavy atom. The van der Waals surface area contributed by atoms with E-state index in [9.17, 15) is 9.90 Å². The Labute approximate surface area is 124 Å². The van der Waals surface area contributed by atoms with Crippen molar-refractivity contribution in [3.05, 3.63) is 16.1 Å². The smallest absolute Gasteiger partial charge is 0.226 e. The molecule has 2 N–H and O–H groups in total. The van der Waals surface area contributed by atoms with Crippen molar-refractivity contribution in [3.63, 3.8) is 0 Å². The van der Waals surface area contributed by atoms with Crippen LogP contribution in [0.15, 0.2) is 5.38 Å². The maximum absolute atomic E-state index is 11.9. The molecule has 5 heteroatoms. The van der Waals surface area contributed by atoms with Gasteiger partial charge in [-0.15, -0.1) is 11.3 Å². The van der Waals surface area contributed by atoms with Crippen molar-refractivity contribution in [2.75, 3.05) is 6.54 Å². The SMILES string of the molecule is CCc1nc(CC(=O)NCC2(O)CCCCCC2)cs1. The van der Waals surface area contributed by atoms with Crippen LogP contribution in [-0.4, -0.2) is 28.1 Å². The van der Waals surface area contributed by atoms with Gasteiger partial charge in [0, 0.05) is 11.9 Å². The molecule has 1 saturated carbocycles. The number of thiazole rings is 1. The second-order valence-corrected chi connectivity index (χ2v) is 6.62. The molecule has 1 aromatic rings. The number of amides is 1. The molecule has 1 aliphatic carbocycles. The molecule has 1 heterocycles. The van der Waals surface area contributed by atoms with Crippen LogP contribution in [0.4, 0.5) is 0 Å². The van der Waals surface area contributed by atoms with E-state index in [1.165, 1.54) is 12.8 Å². The Morgan fingerprint density at radius 2 is 2.10 bits per heavy atom. The lowest BCUT2D eigenvalue weighted by Gasteiger charge is -2.26. The fourth-order valence-corrected chi connectivity index (χ4v) is 3.39. The lowest BCUT2D eigenvalue weighted by molar-refractivity contribution is -0.121. The molecule has 0 saturated heterocycles. The summed E-state index contributed by atoms with van der Waals surface area (Å²) in [5.41, 5.74) is 0.125. The van der Waals surface area contributed by atoms with Crippen molar-refractivity contribution >= 4 is 17.2 Å². The zero-order valence-corrected chi connectivity index (χ0v) is 13.0. The summed E-state index contributed by atoms with van der Waals surface area (Å²) in [7, 11) is 0. The number of aliphatic hydroxyl groups is 1. The summed E-state index contributed by atoms with van der Waals surface area (Å²) in [5, 5.41) is 16.4. The fourth-order valence-electron chi connectivity index (χ4n) is 2.65. The van der Waals surface area contributed by atoms with E-state index in [2.05, 4.69) is 17.2 Å². The lowest BCUT2D eigenvalue weighted by Crippen LogP contribution is -2.43. The molecule has 1 aromatic heterocycles. The summed E-state index contributed by atoms with van der Waals surface area (Å²) in [4.78, 5) is 16.3. The Kier molecular flexibility index (Phi) is 5.54. The predicted octanol–water partition coefficient (Wildman–Crippen LogP) is 2.45. The number of hydrogen-bond donors (Lipinski definition) is 2. The minimum atomic E-state index is -0.706. The molecule has 2 rings (SSSR count). The highest BCUT2D eigenvalue weighted by atomic mass is 32.1. The van der Waals surface area contributed by atoms with Crippen LogP contribution in [0.2, 0.25) is 0 Å². The van der Waals surface area contributed by atoms with Crippen molar-refractivity contribution in [2.45, 2.75) is 63.9 Å². The van der Waals surface area contributed by atoms with E-state index in [4.69, 9.17) is 0 Å². The molecule has 1 amide bonds. The van der Waals surface area contributed by atoms with Crippen molar-refractivity contribution < 1.29 is 9.90 Å². The van der Waals surface area contributed by atoms with E-state index in [-0.39, 0.29) is 5.91 Å². The second kappa shape index (κ2) is 7.18. The highest BCUT2D eigenvalue weighted by molar-refractivity contribution is 7.09. The van der Waals surface area contributed by atoms with Crippen LogP contribution in [0.5, 0.6) is 0 Å². The zero-order chi connectivity index (χ0) is 14.4. The van der Waals surface area contributed by atoms with Gasteiger partial charge in [0.15, 0.2) is 0 Å². The van der Waals surface area contributed by atoms with E-state index >= 15 is 0 Å². The molecule has 0 bridgehead atoms. The maximum Gasteiger partial charge on any atom is 0.226 e. The van der Waals surface area contributed by atoms with Gasteiger partial charge >= 0.3 is 0 Å². The molecule has 1 fully saturated rings. The van der Waals surface area contributed by atoms with Gasteiger partial charge in [-0.05, 0) is 19.3 Å². The quantitative estimate of drug-likeness (QED) is 0.820. The first kappa shape index (κ1) is 15.4. The number of rotatable bonds is 5. The third-order valence-corrected chi connectivity index (χ3v) is 4.93. The number of nitrogens with zero attached hydrogens (tertiary/aromatic N) is 1. The summed E-state index contributed by atoms with van der Waals surface area (Å²) >= 11 is 1.60. The van der Waals surface area contributed by atoms with Gasteiger partial charge in [0.1, 0.15) is 0 Å². The summed E-state index contributed by atoms with van der Waals surface area (Å²) in [5.74, 6) is -0.0457. The van der Waals surface area contributed by atoms with E-state index < -0.39 is 5.60 Å². The number of aromatic nitrogens is 1. The fraction of sp³-hybridized carbons (Fsp3) is 0.733. The first-order valence-corrected chi connectivity index (χ1v) is 8.42. The van der Waals surface area contributed by atoms with Crippen LogP contribution in [-0.2, 0) is 17.6 Å². The van der Waals surface area contributed by atoms with Gasteiger partial charge in [-0.3, -0.25) is 4.79 Å². The molecule has 0 unspecified atom stereocenters. The molecule has 4 nitrogen and oxygen atoms in total. The number of carbonyl (C=O) groups is 1. The number of hydrogen-bond acceptors (Lipinski definition) is 4. The first-order valence-electron chi connectivity index (χ1n) is 7.54. The lowest BCUT2D eigenvalue weighted by atomic mass is 9.94. The summed E-state index contributed by atoms with van der Waals surface area (Å²) in [6, 6.07) is 0. The van der Waals surface area contributed by atoms with E-state index in [1.54, 1.807) is 11.3 Å². The molecule has 1 aliphatic rings. The van der Waals surface area contributed by atoms with Crippen molar-refractivity contribution in [3.8, 4) is 0 Å². The summed E-state index contributed by atoms with van der Waals surface area (Å²) in [6.07, 6.45) is 7.30. The molecule has 0 aliphatic heterocycles. The first-order chi connectivity index (χ1) is 9.61. The minimum Gasteiger partial charge on any atom is -0.388 e. The van der Waals surface area contributed by atoms with Crippen LogP contribution < -0.4 is 5.32 Å². The number of carbonyl (C=O) groups excluding carboxylic acids is 1. The van der Waals surface area contributed by atoms with Crippen molar-refractivity contribution in [1.29, 1.82) is 0 Å². The molecule has 0 radical (unpaired) electrons. The van der Waals surface area contributed by atoms with E-state index in [0.717, 1.165) is 42.8 Å². The largest absolute Gasteiger partial charge is 0.388 e. The van der Waals surface area contributed by atoms with Gasteiger partial charge in [-0.25, -0.2) is 4.98 Å². The topological polar surface area (TPSA) is 62.2 Å². The highest BCUT2D eigenvalue weighted by Gasteiger charge is 2.28. The van der Waals surface area contributed by atoms with Crippen LogP contribution >= 0.6 is 11.3 Å². The van der Waals surface area contributed by atoms with Gasteiger partial charge < -0.3 is 10.4 Å². The molecule has 0 aromatic carbocycles. The van der Waals surface area contributed by atoms with Crippen LogP contribution in [0.3, 0.4) is 0 Å². The predicted molar refractivity (Wildman–Crippen MR) is 80.9 cm³/mol. The van der Waals surface area contributed by atoms with Gasteiger partial charge in [-0.2, -0.15) is 0 Å². The maximum atomic E-state index is 11.9. The summed E-state index contributed by atoms with van der Waals surface area (Å²) in [6.45, 7) is 2.43. The van der Waals surface area contributed by atoms with Crippen molar-refractivity contribution in [2.24, 2.45) is 0 Å². The average Bonchev–Trinajstić information content (AvgIpc) is 2.77. The van der Waals surface area contributed by atoms with E-state index in [0.29, 0.717) is 13.0 Å². The molecular formula is C15H24N2O2S. The standard InChI is InChI=1S/C15H24N2O2S/c1-2-14-17-12(10-20-14)9-13(18)16-11-15(19)7-5-3-4-6-8-15/h10,19H,2-9,11H2,1H3,(H,16,18). The normalized spacial score (nSPS) is 18.5. The highest BCUT2D eigenvalue weighted by Crippen LogP contribution is 2.26. The third kappa shape index (κ3) is 4.56. The molecule has 112 valence electrons. The Hall–Kier alpha value is -0.940. The van der Waals surface area contributed by atoms with Gasteiger partial charge in [0.25, 0.3) is 0 Å². The molecule has 0 atom stereocenters. The second-order valence-electron chi connectivity index (χ2n) is 5.68. The molecular weight excluding hydrogens is 272 g/mol.